The van der Waals surface area contributed by atoms with Crippen molar-refractivity contribution in [3.05, 3.63) is 0 Å². The lowest BCUT2D eigenvalue weighted by Gasteiger charge is -2.29. The predicted octanol–water partition coefficient (Wildman–Crippen LogP) is 1.35. The molecule has 0 unspecified atom stereocenters. The van der Waals surface area contributed by atoms with Crippen molar-refractivity contribution in [1.29, 1.82) is 0 Å². The van der Waals surface area contributed by atoms with E-state index in [2.05, 4.69) is 12.2 Å². The first-order chi connectivity index (χ1) is 5.20. The third-order valence-corrected chi connectivity index (χ3v) is 2.44. The number of rotatable bonds is 2. The number of hydrogen-bond donors (Lipinski definition) is 1. The molecule has 1 saturated heterocycles. The Kier molecular flexibility index (Phi) is 3.06. The second kappa shape index (κ2) is 3.86. The van der Waals surface area contributed by atoms with E-state index in [0.29, 0.717) is 24.2 Å². The minimum atomic E-state index is 0.302. The number of ketones is 1. The van der Waals surface area contributed by atoms with Crippen LogP contribution in [0.5, 0.6) is 0 Å². The zero-order valence-electron chi connectivity index (χ0n) is 7.39. The van der Waals surface area contributed by atoms with Crippen LogP contribution in [0.25, 0.3) is 0 Å². The molecule has 0 spiro atoms. The molecule has 1 heterocycles. The van der Waals surface area contributed by atoms with Gasteiger partial charge in [0.1, 0.15) is 5.78 Å². The lowest BCUT2D eigenvalue weighted by Crippen LogP contribution is -2.41. The van der Waals surface area contributed by atoms with Gasteiger partial charge in [-0.3, -0.25) is 4.79 Å². The molecule has 0 aromatic rings. The molecule has 0 saturated carbocycles. The maximum absolute atomic E-state index is 10.8. The van der Waals surface area contributed by atoms with Crippen LogP contribution >= 0.6 is 0 Å². The molecule has 1 fully saturated rings. The molecule has 64 valence electrons. The van der Waals surface area contributed by atoms with Gasteiger partial charge in [-0.05, 0) is 32.2 Å². The zero-order valence-corrected chi connectivity index (χ0v) is 7.39. The number of piperidine rings is 1. The largest absolute Gasteiger partial charge is 0.313 e. The van der Waals surface area contributed by atoms with Crippen LogP contribution in [0.2, 0.25) is 0 Å². The van der Waals surface area contributed by atoms with Gasteiger partial charge in [0.25, 0.3) is 0 Å². The fraction of sp³-hybridized carbons (Fsp3) is 0.889. The summed E-state index contributed by atoms with van der Waals surface area (Å²) < 4.78 is 0. The molecule has 1 aliphatic rings. The zero-order chi connectivity index (χ0) is 8.27. The Labute approximate surface area is 68.4 Å². The predicted molar refractivity (Wildman–Crippen MR) is 45.5 cm³/mol. The molecular weight excluding hydrogens is 138 g/mol. The molecule has 2 heteroatoms. The number of carbonyl (C=O) groups is 1. The summed E-state index contributed by atoms with van der Waals surface area (Å²) in [5.41, 5.74) is 0. The van der Waals surface area contributed by atoms with Crippen LogP contribution < -0.4 is 5.32 Å². The van der Waals surface area contributed by atoms with Gasteiger partial charge >= 0.3 is 0 Å². The molecule has 0 aromatic carbocycles. The van der Waals surface area contributed by atoms with Crippen molar-refractivity contribution in [2.45, 2.75) is 39.2 Å². The van der Waals surface area contributed by atoms with Gasteiger partial charge in [0.05, 0.1) is 0 Å². The van der Waals surface area contributed by atoms with Crippen molar-refractivity contribution >= 4 is 5.78 Å². The summed E-state index contributed by atoms with van der Waals surface area (Å²) in [6, 6.07) is 0.446. The van der Waals surface area contributed by atoms with E-state index in [9.17, 15) is 4.79 Å². The quantitative estimate of drug-likeness (QED) is 0.652. The first kappa shape index (κ1) is 8.72. The third kappa shape index (κ3) is 2.62. The highest BCUT2D eigenvalue weighted by Gasteiger charge is 2.21. The van der Waals surface area contributed by atoms with Gasteiger partial charge in [-0.2, -0.15) is 0 Å². The number of hydrogen-bond acceptors (Lipinski definition) is 2. The maximum atomic E-state index is 10.8. The topological polar surface area (TPSA) is 29.1 Å². The highest BCUT2D eigenvalue weighted by atomic mass is 16.1. The van der Waals surface area contributed by atoms with Gasteiger partial charge in [0.2, 0.25) is 0 Å². The molecule has 11 heavy (non-hydrogen) atoms. The minimum Gasteiger partial charge on any atom is -0.313 e. The van der Waals surface area contributed by atoms with Crippen molar-refractivity contribution in [2.24, 2.45) is 5.92 Å². The average Bonchev–Trinajstić information content (AvgIpc) is 1.93. The summed E-state index contributed by atoms with van der Waals surface area (Å²) in [6.07, 6.45) is 3.24. The summed E-state index contributed by atoms with van der Waals surface area (Å²) in [7, 11) is 0. The maximum Gasteiger partial charge on any atom is 0.131 e. The molecule has 1 aliphatic heterocycles. The summed E-state index contributed by atoms with van der Waals surface area (Å²) >= 11 is 0. The van der Waals surface area contributed by atoms with E-state index in [1.165, 1.54) is 12.8 Å². The number of carbonyl (C=O) groups excluding carboxylic acids is 1. The van der Waals surface area contributed by atoms with Gasteiger partial charge in [-0.25, -0.2) is 0 Å². The number of Topliss-reactive ketones (excluding diaryl/α,β-unsaturated/α-hetero) is 1. The van der Waals surface area contributed by atoms with Crippen LogP contribution in [-0.4, -0.2) is 18.4 Å². The highest BCUT2D eigenvalue weighted by molar-refractivity contribution is 5.76. The second-order valence-electron chi connectivity index (χ2n) is 3.59. The lowest BCUT2D eigenvalue weighted by molar-refractivity contribution is -0.117. The van der Waals surface area contributed by atoms with E-state index in [-0.39, 0.29) is 0 Å². The van der Waals surface area contributed by atoms with E-state index in [1.54, 1.807) is 6.92 Å². The van der Waals surface area contributed by atoms with Gasteiger partial charge in [0.15, 0.2) is 0 Å². The Morgan fingerprint density at radius 2 is 2.36 bits per heavy atom. The monoisotopic (exact) mass is 155 g/mol. The van der Waals surface area contributed by atoms with Gasteiger partial charge in [-0.1, -0.05) is 6.92 Å². The van der Waals surface area contributed by atoms with Crippen molar-refractivity contribution in [3.8, 4) is 0 Å². The van der Waals surface area contributed by atoms with Crippen LogP contribution in [0.1, 0.15) is 33.1 Å². The molecule has 0 aromatic heterocycles. The van der Waals surface area contributed by atoms with E-state index >= 15 is 0 Å². The highest BCUT2D eigenvalue weighted by Crippen LogP contribution is 2.17. The summed E-state index contributed by atoms with van der Waals surface area (Å²) in [5, 5.41) is 3.38. The Bertz CT molecular complexity index is 144. The molecular formula is C9H17NO. The smallest absolute Gasteiger partial charge is 0.131 e. The van der Waals surface area contributed by atoms with Crippen LogP contribution in [0.15, 0.2) is 0 Å². The van der Waals surface area contributed by atoms with Gasteiger partial charge < -0.3 is 5.32 Å². The van der Waals surface area contributed by atoms with Crippen LogP contribution in [-0.2, 0) is 4.79 Å². The third-order valence-electron chi connectivity index (χ3n) is 2.44. The van der Waals surface area contributed by atoms with Crippen molar-refractivity contribution in [3.63, 3.8) is 0 Å². The first-order valence-corrected chi connectivity index (χ1v) is 4.43. The Morgan fingerprint density at radius 3 is 2.91 bits per heavy atom. The van der Waals surface area contributed by atoms with Crippen LogP contribution in [0.4, 0.5) is 0 Å². The lowest BCUT2D eigenvalue weighted by atomic mass is 9.90. The van der Waals surface area contributed by atoms with Crippen molar-refractivity contribution in [1.82, 2.24) is 5.32 Å². The first-order valence-electron chi connectivity index (χ1n) is 4.43. The molecule has 2 atom stereocenters. The van der Waals surface area contributed by atoms with E-state index in [0.717, 1.165) is 6.54 Å². The minimum absolute atomic E-state index is 0.302. The van der Waals surface area contributed by atoms with Gasteiger partial charge in [-0.15, -0.1) is 0 Å². The fourth-order valence-corrected chi connectivity index (χ4v) is 1.70. The Morgan fingerprint density at radius 1 is 1.64 bits per heavy atom. The molecule has 1 N–H and O–H groups in total. The molecule has 0 bridgehead atoms. The fourth-order valence-electron chi connectivity index (χ4n) is 1.70. The summed E-state index contributed by atoms with van der Waals surface area (Å²) in [6.45, 7) is 4.98. The van der Waals surface area contributed by atoms with E-state index in [4.69, 9.17) is 0 Å². The Balaban J connectivity index is 2.35. The van der Waals surface area contributed by atoms with Crippen LogP contribution in [0.3, 0.4) is 0 Å². The SMILES string of the molecule is CC(=O)C[C@@H]1NCCC[C@H]1C. The van der Waals surface area contributed by atoms with E-state index in [1.807, 2.05) is 0 Å². The van der Waals surface area contributed by atoms with Gasteiger partial charge in [0, 0.05) is 12.5 Å². The second-order valence-corrected chi connectivity index (χ2v) is 3.59. The number of nitrogens with one attached hydrogen (secondary N) is 1. The molecule has 0 aliphatic carbocycles. The molecule has 0 amide bonds. The standard InChI is InChI=1S/C9H17NO/c1-7-4-3-5-10-9(7)6-8(2)11/h7,9-10H,3-6H2,1-2H3/t7-,9+/m1/s1. The van der Waals surface area contributed by atoms with Crippen molar-refractivity contribution in [2.75, 3.05) is 6.54 Å². The van der Waals surface area contributed by atoms with Crippen LogP contribution in [0, 0.1) is 5.92 Å². The normalized spacial score (nSPS) is 31.8. The molecule has 0 radical (unpaired) electrons. The summed E-state index contributed by atoms with van der Waals surface area (Å²) in [5.74, 6) is 0.976. The molecule has 2 nitrogen and oxygen atoms in total. The average molecular weight is 155 g/mol. The van der Waals surface area contributed by atoms with E-state index < -0.39 is 0 Å². The Hall–Kier alpha value is -0.370. The summed E-state index contributed by atoms with van der Waals surface area (Å²) in [4.78, 5) is 10.8. The molecule has 1 rings (SSSR count). The van der Waals surface area contributed by atoms with Crippen molar-refractivity contribution < 1.29 is 4.79 Å².